The number of hydrogen-bond acceptors (Lipinski definition) is 1. The third kappa shape index (κ3) is 5.45. The molecule has 2 nitrogen and oxygen atoms in total. The van der Waals surface area contributed by atoms with Crippen molar-refractivity contribution in [3.63, 3.8) is 0 Å². The smallest absolute Gasteiger partial charge is 0.0559 e. The largest absolute Gasteiger partial charge is 0.356 e. The van der Waals surface area contributed by atoms with Crippen LogP contribution in [0.3, 0.4) is 0 Å². The SMILES string of the molecule is CC(C)(C)c1ccc(Nc2cc(-c3ccc(Cl)c4c3[nH]c3ccc(C(C)(C)C)cc34)cc(C(C)(C)C)c2)cc1. The lowest BCUT2D eigenvalue weighted by molar-refractivity contribution is 0.590. The van der Waals surface area contributed by atoms with Gasteiger partial charge in [-0.15, -0.1) is 0 Å². The van der Waals surface area contributed by atoms with Crippen LogP contribution in [0.25, 0.3) is 32.9 Å². The summed E-state index contributed by atoms with van der Waals surface area (Å²) >= 11 is 6.86. The highest BCUT2D eigenvalue weighted by atomic mass is 35.5. The van der Waals surface area contributed by atoms with Crippen molar-refractivity contribution in [3.05, 3.63) is 94.5 Å². The van der Waals surface area contributed by atoms with Crippen LogP contribution in [0.5, 0.6) is 0 Å². The molecule has 2 N–H and O–H groups in total. The third-order valence-corrected chi connectivity index (χ3v) is 8.03. The first-order valence-corrected chi connectivity index (χ1v) is 14.3. The zero-order chi connectivity index (χ0) is 28.3. The number of fused-ring (bicyclic) bond motifs is 3. The van der Waals surface area contributed by atoms with Crippen LogP contribution in [0.15, 0.2) is 72.8 Å². The van der Waals surface area contributed by atoms with Crippen LogP contribution in [0.1, 0.15) is 79.0 Å². The van der Waals surface area contributed by atoms with Crippen LogP contribution < -0.4 is 5.32 Å². The van der Waals surface area contributed by atoms with Gasteiger partial charge >= 0.3 is 0 Å². The summed E-state index contributed by atoms with van der Waals surface area (Å²) in [4.78, 5) is 3.71. The van der Waals surface area contributed by atoms with Gasteiger partial charge in [-0.05, 0) is 81.0 Å². The van der Waals surface area contributed by atoms with Crippen molar-refractivity contribution >= 4 is 44.8 Å². The van der Waals surface area contributed by atoms with E-state index in [1.54, 1.807) is 0 Å². The molecular formula is C36H41ClN2. The van der Waals surface area contributed by atoms with Crippen LogP contribution >= 0.6 is 11.6 Å². The zero-order valence-electron chi connectivity index (χ0n) is 24.8. The summed E-state index contributed by atoms with van der Waals surface area (Å²) in [5, 5.41) is 6.71. The Bertz CT molecular complexity index is 1670. The fraction of sp³-hybridized carbons (Fsp3) is 0.333. The average Bonchev–Trinajstić information content (AvgIpc) is 3.22. The molecule has 0 radical (unpaired) electrons. The highest BCUT2D eigenvalue weighted by molar-refractivity contribution is 6.38. The maximum absolute atomic E-state index is 6.86. The van der Waals surface area contributed by atoms with Gasteiger partial charge in [0.05, 0.1) is 10.5 Å². The van der Waals surface area contributed by atoms with Gasteiger partial charge < -0.3 is 10.3 Å². The molecule has 1 heterocycles. The molecule has 0 spiro atoms. The normalized spacial score (nSPS) is 12.9. The number of halogens is 1. The molecule has 202 valence electrons. The molecule has 4 aromatic carbocycles. The van der Waals surface area contributed by atoms with E-state index in [9.17, 15) is 0 Å². The molecule has 1 aromatic heterocycles. The molecule has 0 saturated heterocycles. The van der Waals surface area contributed by atoms with Gasteiger partial charge in [0.1, 0.15) is 0 Å². The van der Waals surface area contributed by atoms with Crippen molar-refractivity contribution in [1.82, 2.24) is 4.98 Å². The molecule has 39 heavy (non-hydrogen) atoms. The maximum Gasteiger partial charge on any atom is 0.0559 e. The van der Waals surface area contributed by atoms with Crippen molar-refractivity contribution < 1.29 is 0 Å². The molecular weight excluding hydrogens is 496 g/mol. The van der Waals surface area contributed by atoms with Crippen LogP contribution in [0, 0.1) is 0 Å². The lowest BCUT2D eigenvalue weighted by Crippen LogP contribution is -2.12. The average molecular weight is 537 g/mol. The summed E-state index contributed by atoms with van der Waals surface area (Å²) in [6, 6.07) is 26.5. The van der Waals surface area contributed by atoms with E-state index in [1.165, 1.54) is 27.6 Å². The van der Waals surface area contributed by atoms with Gasteiger partial charge in [-0.3, -0.25) is 0 Å². The first-order chi connectivity index (χ1) is 18.1. The first-order valence-electron chi connectivity index (χ1n) is 13.9. The van der Waals surface area contributed by atoms with Crippen molar-refractivity contribution in [1.29, 1.82) is 0 Å². The van der Waals surface area contributed by atoms with Crippen LogP contribution in [0.4, 0.5) is 11.4 Å². The Balaban J connectivity index is 1.66. The highest BCUT2D eigenvalue weighted by Crippen LogP contribution is 2.41. The van der Waals surface area contributed by atoms with Gasteiger partial charge in [-0.25, -0.2) is 0 Å². The summed E-state index contributed by atoms with van der Waals surface area (Å²) in [5.41, 5.74) is 10.8. The molecule has 0 aliphatic rings. The van der Waals surface area contributed by atoms with E-state index in [0.717, 1.165) is 38.4 Å². The Kier molecular flexibility index (Phi) is 6.63. The fourth-order valence-electron chi connectivity index (χ4n) is 5.18. The quantitative estimate of drug-likeness (QED) is 0.236. The summed E-state index contributed by atoms with van der Waals surface area (Å²) < 4.78 is 0. The topological polar surface area (TPSA) is 27.8 Å². The molecule has 5 rings (SSSR count). The number of rotatable bonds is 3. The number of H-pyrrole nitrogens is 1. The summed E-state index contributed by atoms with van der Waals surface area (Å²) in [6.07, 6.45) is 0. The molecule has 0 aliphatic carbocycles. The second-order valence-corrected chi connectivity index (χ2v) is 14.4. The monoisotopic (exact) mass is 536 g/mol. The minimum Gasteiger partial charge on any atom is -0.356 e. The summed E-state index contributed by atoms with van der Waals surface area (Å²) in [5.74, 6) is 0. The van der Waals surface area contributed by atoms with Gasteiger partial charge in [0.2, 0.25) is 0 Å². The predicted octanol–water partition coefficient (Wildman–Crippen LogP) is 11.3. The Morgan fingerprint density at radius 3 is 1.82 bits per heavy atom. The molecule has 5 aromatic rings. The third-order valence-electron chi connectivity index (χ3n) is 7.72. The number of anilines is 2. The van der Waals surface area contributed by atoms with E-state index in [4.69, 9.17) is 11.6 Å². The Morgan fingerprint density at radius 2 is 1.21 bits per heavy atom. The van der Waals surface area contributed by atoms with Crippen LogP contribution in [0.2, 0.25) is 5.02 Å². The van der Waals surface area contributed by atoms with E-state index >= 15 is 0 Å². The second-order valence-electron chi connectivity index (χ2n) is 14.0. The van der Waals surface area contributed by atoms with Crippen molar-refractivity contribution in [2.24, 2.45) is 0 Å². The van der Waals surface area contributed by atoms with Gasteiger partial charge in [-0.2, -0.15) is 0 Å². The lowest BCUT2D eigenvalue weighted by Gasteiger charge is -2.23. The van der Waals surface area contributed by atoms with Crippen LogP contribution in [-0.4, -0.2) is 4.98 Å². The molecule has 0 aliphatic heterocycles. The van der Waals surface area contributed by atoms with Crippen molar-refractivity contribution in [3.8, 4) is 11.1 Å². The van der Waals surface area contributed by atoms with Crippen molar-refractivity contribution in [2.45, 2.75) is 78.6 Å². The van der Waals surface area contributed by atoms with Crippen molar-refractivity contribution in [2.75, 3.05) is 5.32 Å². The van der Waals surface area contributed by atoms with E-state index in [0.29, 0.717) is 0 Å². The van der Waals surface area contributed by atoms with Gasteiger partial charge in [0.25, 0.3) is 0 Å². The van der Waals surface area contributed by atoms with E-state index in [1.807, 2.05) is 6.07 Å². The standard InChI is InChI=1S/C36H41ClN2/c1-34(2,3)23-10-13-26(14-11-23)38-27-19-22(18-25(20-27)36(7,8)9)28-15-16-30(37)32-29-21-24(35(4,5)6)12-17-31(29)39-33(28)32/h10-21,38-39H,1-9H3. The van der Waals surface area contributed by atoms with E-state index < -0.39 is 0 Å². The summed E-state index contributed by atoms with van der Waals surface area (Å²) in [7, 11) is 0. The number of aromatic amines is 1. The Morgan fingerprint density at radius 1 is 0.590 bits per heavy atom. The fourth-order valence-corrected chi connectivity index (χ4v) is 5.44. The van der Waals surface area contributed by atoms with Gasteiger partial charge in [0, 0.05) is 33.2 Å². The maximum atomic E-state index is 6.86. The molecule has 0 fully saturated rings. The number of benzene rings is 4. The second kappa shape index (κ2) is 9.45. The summed E-state index contributed by atoms with van der Waals surface area (Å²) in [6.45, 7) is 20.3. The number of nitrogens with one attached hydrogen (secondary N) is 2. The molecule has 3 heteroatoms. The Hall–Kier alpha value is -3.23. The van der Waals surface area contributed by atoms with E-state index in [-0.39, 0.29) is 16.2 Å². The lowest BCUT2D eigenvalue weighted by atomic mass is 9.84. The Labute approximate surface area is 238 Å². The molecule has 0 amide bonds. The minimum atomic E-state index is -0.00384. The molecule has 0 atom stereocenters. The highest BCUT2D eigenvalue weighted by Gasteiger charge is 2.21. The molecule has 0 bridgehead atoms. The van der Waals surface area contributed by atoms with Gasteiger partial charge in [0.15, 0.2) is 0 Å². The number of hydrogen-bond donors (Lipinski definition) is 2. The minimum absolute atomic E-state index is 0.00384. The first kappa shape index (κ1) is 27.3. The van der Waals surface area contributed by atoms with E-state index in [2.05, 4.69) is 139 Å². The van der Waals surface area contributed by atoms with Gasteiger partial charge in [-0.1, -0.05) is 104 Å². The molecule has 0 unspecified atom stereocenters. The predicted molar refractivity (Wildman–Crippen MR) is 172 cm³/mol. The van der Waals surface area contributed by atoms with Crippen LogP contribution in [-0.2, 0) is 16.2 Å². The molecule has 0 saturated carbocycles. The zero-order valence-corrected chi connectivity index (χ0v) is 25.6. The number of aromatic nitrogens is 1.